The molecule has 92 valence electrons. The monoisotopic (exact) mass is 248 g/mol. The van der Waals surface area contributed by atoms with E-state index in [-0.39, 0.29) is 5.88 Å². The Labute approximate surface area is 99.5 Å². The minimum Gasteiger partial charge on any atom is -0.480 e. The summed E-state index contributed by atoms with van der Waals surface area (Å²) in [6.07, 6.45) is 2.40. The summed E-state index contributed by atoms with van der Waals surface area (Å²) in [5.74, 6) is -1.26. The third-order valence-corrected chi connectivity index (χ3v) is 3.03. The van der Waals surface area contributed by atoms with Crippen molar-refractivity contribution in [1.29, 1.82) is 0 Å². The highest BCUT2D eigenvalue weighted by atomic mass is 35.5. The number of carbonyl (C=O) groups is 2. The van der Waals surface area contributed by atoms with E-state index >= 15 is 0 Å². The quantitative estimate of drug-likeness (QED) is 0.607. The fraction of sp³-hybridized carbons (Fsp3) is 0.800. The van der Waals surface area contributed by atoms with E-state index in [1.807, 2.05) is 0 Å². The Balaban J connectivity index is 2.43. The Bertz CT molecular complexity index is 254. The molecule has 1 unspecified atom stereocenters. The molecule has 0 radical (unpaired) electrons. The van der Waals surface area contributed by atoms with Crippen LogP contribution >= 0.6 is 11.6 Å². The fourth-order valence-electron chi connectivity index (χ4n) is 1.91. The number of amides is 1. The van der Waals surface area contributed by atoms with Crippen LogP contribution in [0.1, 0.15) is 19.3 Å². The Hall–Kier alpha value is -0.810. The van der Waals surface area contributed by atoms with Gasteiger partial charge in [-0.25, -0.2) is 4.79 Å². The number of rotatable bonds is 5. The molecule has 16 heavy (non-hydrogen) atoms. The van der Waals surface area contributed by atoms with Crippen molar-refractivity contribution in [3.8, 4) is 0 Å². The molecule has 0 aromatic rings. The van der Waals surface area contributed by atoms with Crippen LogP contribution in [0, 0.1) is 5.92 Å². The lowest BCUT2D eigenvalue weighted by atomic mass is 9.91. The van der Waals surface area contributed by atoms with Gasteiger partial charge in [0.1, 0.15) is 11.9 Å². The lowest BCUT2D eigenvalue weighted by Gasteiger charge is -2.25. The zero-order valence-electron chi connectivity index (χ0n) is 9.04. The lowest BCUT2D eigenvalue weighted by molar-refractivity contribution is -0.142. The zero-order valence-corrected chi connectivity index (χ0v) is 9.79. The number of carbonyl (C=O) groups excluding carboxylic acids is 1. The number of piperidine rings is 1. The smallest absolute Gasteiger partial charge is 0.326 e. The van der Waals surface area contributed by atoms with E-state index in [0.29, 0.717) is 12.3 Å². The maximum Gasteiger partial charge on any atom is 0.326 e. The number of aliphatic carboxylic acids is 1. The highest BCUT2D eigenvalue weighted by molar-refractivity contribution is 6.27. The molecular formula is C10H17ClN2O3. The molecule has 1 atom stereocenters. The SMILES string of the molecule is O=C(CCl)NC(CC1CCNCC1)C(=O)O. The van der Waals surface area contributed by atoms with Crippen molar-refractivity contribution in [3.05, 3.63) is 0 Å². The highest BCUT2D eigenvalue weighted by Crippen LogP contribution is 2.18. The summed E-state index contributed by atoms with van der Waals surface area (Å²) in [5, 5.41) is 14.6. The second-order valence-corrected chi connectivity index (χ2v) is 4.29. The molecule has 1 saturated heterocycles. The molecule has 0 saturated carbocycles. The van der Waals surface area contributed by atoms with Crippen LogP contribution < -0.4 is 10.6 Å². The van der Waals surface area contributed by atoms with Crippen molar-refractivity contribution in [2.45, 2.75) is 25.3 Å². The van der Waals surface area contributed by atoms with Crippen LogP contribution in [-0.4, -0.2) is 42.0 Å². The van der Waals surface area contributed by atoms with Crippen molar-refractivity contribution in [1.82, 2.24) is 10.6 Å². The van der Waals surface area contributed by atoms with Gasteiger partial charge in [-0.15, -0.1) is 11.6 Å². The largest absolute Gasteiger partial charge is 0.480 e. The normalized spacial score (nSPS) is 19.1. The molecular weight excluding hydrogens is 232 g/mol. The van der Waals surface area contributed by atoms with Crippen molar-refractivity contribution < 1.29 is 14.7 Å². The van der Waals surface area contributed by atoms with E-state index < -0.39 is 17.9 Å². The van der Waals surface area contributed by atoms with Crippen LogP contribution in [0.15, 0.2) is 0 Å². The van der Waals surface area contributed by atoms with Gasteiger partial charge >= 0.3 is 5.97 Å². The number of hydrogen-bond donors (Lipinski definition) is 3. The van der Waals surface area contributed by atoms with E-state index in [1.54, 1.807) is 0 Å². The summed E-state index contributed by atoms with van der Waals surface area (Å²) < 4.78 is 0. The van der Waals surface area contributed by atoms with Gasteiger partial charge in [0.05, 0.1) is 0 Å². The molecule has 1 aliphatic rings. The number of alkyl halides is 1. The fourth-order valence-corrected chi connectivity index (χ4v) is 1.98. The molecule has 1 aliphatic heterocycles. The molecule has 0 bridgehead atoms. The van der Waals surface area contributed by atoms with Crippen molar-refractivity contribution in [3.63, 3.8) is 0 Å². The number of carboxylic acids is 1. The summed E-state index contributed by atoms with van der Waals surface area (Å²) in [6.45, 7) is 1.83. The summed E-state index contributed by atoms with van der Waals surface area (Å²) in [4.78, 5) is 22.0. The van der Waals surface area contributed by atoms with Crippen molar-refractivity contribution in [2.75, 3.05) is 19.0 Å². The van der Waals surface area contributed by atoms with Gasteiger partial charge in [0, 0.05) is 0 Å². The maximum atomic E-state index is 11.0. The van der Waals surface area contributed by atoms with Gasteiger partial charge in [0.2, 0.25) is 5.91 Å². The third-order valence-electron chi connectivity index (χ3n) is 2.78. The Kier molecular flexibility index (Phi) is 5.55. The molecule has 1 amide bonds. The molecule has 1 rings (SSSR count). The Morgan fingerprint density at radius 3 is 2.56 bits per heavy atom. The first-order valence-electron chi connectivity index (χ1n) is 5.42. The number of nitrogens with one attached hydrogen (secondary N) is 2. The van der Waals surface area contributed by atoms with E-state index in [1.165, 1.54) is 0 Å². The molecule has 0 aliphatic carbocycles. The van der Waals surface area contributed by atoms with Gasteiger partial charge in [-0.3, -0.25) is 4.79 Å². The minimum absolute atomic E-state index is 0.198. The van der Waals surface area contributed by atoms with Crippen molar-refractivity contribution >= 4 is 23.5 Å². The van der Waals surface area contributed by atoms with Crippen LogP contribution in [-0.2, 0) is 9.59 Å². The van der Waals surface area contributed by atoms with Crippen LogP contribution in [0.3, 0.4) is 0 Å². The summed E-state index contributed by atoms with van der Waals surface area (Å²) in [6, 6.07) is -0.811. The molecule has 1 fully saturated rings. The van der Waals surface area contributed by atoms with Gasteiger partial charge in [-0.05, 0) is 38.3 Å². The van der Waals surface area contributed by atoms with E-state index in [0.717, 1.165) is 25.9 Å². The second kappa shape index (κ2) is 6.70. The lowest BCUT2D eigenvalue weighted by Crippen LogP contribution is -2.43. The third kappa shape index (κ3) is 4.37. The molecule has 0 spiro atoms. The van der Waals surface area contributed by atoms with E-state index in [9.17, 15) is 9.59 Å². The number of hydrogen-bond acceptors (Lipinski definition) is 3. The maximum absolute atomic E-state index is 11.0. The van der Waals surface area contributed by atoms with Crippen molar-refractivity contribution in [2.24, 2.45) is 5.92 Å². The summed E-state index contributed by atoms with van der Waals surface area (Å²) in [5.41, 5.74) is 0. The standard InChI is InChI=1S/C10H17ClN2O3/c11-6-9(14)13-8(10(15)16)5-7-1-3-12-4-2-7/h7-8,12H,1-6H2,(H,13,14)(H,15,16). The molecule has 3 N–H and O–H groups in total. The van der Waals surface area contributed by atoms with Gasteiger partial charge in [-0.1, -0.05) is 0 Å². The number of halogens is 1. The second-order valence-electron chi connectivity index (χ2n) is 4.02. The first-order valence-corrected chi connectivity index (χ1v) is 5.95. The predicted octanol–water partition coefficient (Wildman–Crippen LogP) is 0.184. The number of carboxylic acid groups (broad SMARTS) is 1. The van der Waals surface area contributed by atoms with Crippen LogP contribution in [0.5, 0.6) is 0 Å². The van der Waals surface area contributed by atoms with Crippen LogP contribution in [0.4, 0.5) is 0 Å². The van der Waals surface area contributed by atoms with Gasteiger partial charge < -0.3 is 15.7 Å². The van der Waals surface area contributed by atoms with E-state index in [2.05, 4.69) is 10.6 Å². The van der Waals surface area contributed by atoms with Gasteiger partial charge in [-0.2, -0.15) is 0 Å². The first-order chi connectivity index (χ1) is 7.63. The molecule has 0 aromatic heterocycles. The molecule has 0 aromatic carbocycles. The molecule has 1 heterocycles. The Morgan fingerprint density at radius 1 is 1.44 bits per heavy atom. The molecule has 6 heteroatoms. The Morgan fingerprint density at radius 2 is 2.06 bits per heavy atom. The summed E-state index contributed by atoms with van der Waals surface area (Å²) >= 11 is 5.33. The van der Waals surface area contributed by atoms with Gasteiger partial charge in [0.15, 0.2) is 0 Å². The van der Waals surface area contributed by atoms with Crippen LogP contribution in [0.2, 0.25) is 0 Å². The van der Waals surface area contributed by atoms with Crippen LogP contribution in [0.25, 0.3) is 0 Å². The topological polar surface area (TPSA) is 78.4 Å². The molecule has 5 nitrogen and oxygen atoms in total. The van der Waals surface area contributed by atoms with E-state index in [4.69, 9.17) is 16.7 Å². The predicted molar refractivity (Wildman–Crippen MR) is 60.5 cm³/mol. The average molecular weight is 249 g/mol. The average Bonchev–Trinajstić information content (AvgIpc) is 2.29. The summed E-state index contributed by atoms with van der Waals surface area (Å²) in [7, 11) is 0. The highest BCUT2D eigenvalue weighted by Gasteiger charge is 2.24. The van der Waals surface area contributed by atoms with Gasteiger partial charge in [0.25, 0.3) is 0 Å². The first kappa shape index (κ1) is 13.3. The zero-order chi connectivity index (χ0) is 12.0. The minimum atomic E-state index is -0.989.